The molecule has 0 aliphatic carbocycles. The van der Waals surface area contributed by atoms with Gasteiger partial charge in [-0.2, -0.15) is 0 Å². The molecule has 4 aromatic rings. The lowest BCUT2D eigenvalue weighted by Gasteiger charge is -2.02. The molecular weight excluding hydrogens is 340 g/mol. The van der Waals surface area contributed by atoms with Crippen LogP contribution in [0.25, 0.3) is 32.9 Å². The van der Waals surface area contributed by atoms with Gasteiger partial charge in [0, 0.05) is 25.3 Å². The highest BCUT2D eigenvalue weighted by Crippen LogP contribution is 2.37. The number of hydrogen-bond acceptors (Lipinski definition) is 7. The third kappa shape index (κ3) is 2.50. The summed E-state index contributed by atoms with van der Waals surface area (Å²) in [7, 11) is 0. The van der Waals surface area contributed by atoms with E-state index in [-0.39, 0.29) is 28.1 Å². The Kier molecular flexibility index (Phi) is 3.50. The average Bonchev–Trinajstić information content (AvgIpc) is 2.95. The molecule has 130 valence electrons. The number of ether oxygens (including phenoxy) is 2. The van der Waals surface area contributed by atoms with Crippen molar-refractivity contribution in [3.63, 3.8) is 0 Å². The quantitative estimate of drug-likeness (QED) is 0.309. The van der Waals surface area contributed by atoms with Gasteiger partial charge >= 0.3 is 17.6 Å². The van der Waals surface area contributed by atoms with Gasteiger partial charge in [0.25, 0.3) is 0 Å². The lowest BCUT2D eigenvalue weighted by molar-refractivity contribution is -0.132. The van der Waals surface area contributed by atoms with Crippen molar-refractivity contribution in [2.45, 2.75) is 13.8 Å². The van der Waals surface area contributed by atoms with E-state index in [1.807, 2.05) is 0 Å². The first-order valence-electron chi connectivity index (χ1n) is 7.73. The normalized spacial score (nSPS) is 11.2. The van der Waals surface area contributed by atoms with Gasteiger partial charge < -0.3 is 18.3 Å². The van der Waals surface area contributed by atoms with E-state index in [4.69, 9.17) is 18.3 Å². The van der Waals surface area contributed by atoms with Crippen LogP contribution in [0.4, 0.5) is 0 Å². The van der Waals surface area contributed by atoms with Crippen molar-refractivity contribution >= 4 is 44.8 Å². The van der Waals surface area contributed by atoms with Crippen molar-refractivity contribution in [3.8, 4) is 11.5 Å². The van der Waals surface area contributed by atoms with Crippen molar-refractivity contribution in [2.75, 3.05) is 0 Å². The first-order valence-corrected chi connectivity index (χ1v) is 7.73. The lowest BCUT2D eigenvalue weighted by atomic mass is 10.1. The molecule has 0 fully saturated rings. The number of furan rings is 1. The molecule has 0 atom stereocenters. The van der Waals surface area contributed by atoms with Crippen molar-refractivity contribution in [3.05, 3.63) is 46.8 Å². The van der Waals surface area contributed by atoms with Crippen LogP contribution in [0.1, 0.15) is 13.8 Å². The Morgan fingerprint density at radius 3 is 2.38 bits per heavy atom. The van der Waals surface area contributed by atoms with Gasteiger partial charge in [-0.05, 0) is 24.3 Å². The Balaban J connectivity index is 2.05. The molecule has 0 saturated heterocycles. The van der Waals surface area contributed by atoms with Gasteiger partial charge in [-0.25, -0.2) is 4.79 Å². The summed E-state index contributed by atoms with van der Waals surface area (Å²) in [5.41, 5.74) is 0.197. The van der Waals surface area contributed by atoms with Crippen molar-refractivity contribution < 1.29 is 27.9 Å². The van der Waals surface area contributed by atoms with Gasteiger partial charge in [-0.15, -0.1) is 0 Å². The van der Waals surface area contributed by atoms with E-state index in [2.05, 4.69) is 0 Å². The fourth-order valence-electron chi connectivity index (χ4n) is 2.88. The van der Waals surface area contributed by atoms with E-state index in [1.165, 1.54) is 19.9 Å². The largest absolute Gasteiger partial charge is 0.451 e. The summed E-state index contributed by atoms with van der Waals surface area (Å²) in [6.07, 6.45) is 0. The van der Waals surface area contributed by atoms with E-state index < -0.39 is 17.6 Å². The van der Waals surface area contributed by atoms with Gasteiger partial charge in [-0.3, -0.25) is 9.59 Å². The smallest absolute Gasteiger partial charge is 0.348 e. The minimum Gasteiger partial charge on any atom is -0.451 e. The van der Waals surface area contributed by atoms with Gasteiger partial charge in [0.1, 0.15) is 16.7 Å². The second-order valence-electron chi connectivity index (χ2n) is 5.67. The SMILES string of the molecule is CC(=O)Oc1ccc2c(c1)oc(=O)c1c3cccc(OC(C)=O)c3oc21. The molecule has 4 rings (SSSR count). The van der Waals surface area contributed by atoms with Crippen molar-refractivity contribution in [2.24, 2.45) is 0 Å². The molecule has 0 unspecified atom stereocenters. The molecule has 0 radical (unpaired) electrons. The van der Waals surface area contributed by atoms with E-state index >= 15 is 0 Å². The average molecular weight is 352 g/mol. The number of carbonyl (C=O) groups excluding carboxylic acids is 2. The second-order valence-corrected chi connectivity index (χ2v) is 5.67. The number of benzene rings is 2. The Bertz CT molecular complexity index is 1260. The van der Waals surface area contributed by atoms with Gasteiger partial charge in [-0.1, -0.05) is 6.07 Å². The molecular formula is C19H12O7. The zero-order chi connectivity index (χ0) is 18.4. The molecule has 0 N–H and O–H groups in total. The molecule has 0 spiro atoms. The minimum atomic E-state index is -0.605. The lowest BCUT2D eigenvalue weighted by Crippen LogP contribution is -2.02. The maximum absolute atomic E-state index is 12.5. The van der Waals surface area contributed by atoms with Crippen LogP contribution in [-0.4, -0.2) is 11.9 Å². The highest BCUT2D eigenvalue weighted by atomic mass is 16.5. The summed E-state index contributed by atoms with van der Waals surface area (Å²) >= 11 is 0. The van der Waals surface area contributed by atoms with Gasteiger partial charge in [0.05, 0.1) is 5.39 Å². The summed E-state index contributed by atoms with van der Waals surface area (Å²) in [6.45, 7) is 2.56. The van der Waals surface area contributed by atoms with E-state index in [1.54, 1.807) is 30.3 Å². The zero-order valence-electron chi connectivity index (χ0n) is 13.8. The molecule has 7 heteroatoms. The number of para-hydroxylation sites is 1. The maximum Gasteiger partial charge on any atom is 0.348 e. The fourth-order valence-corrected chi connectivity index (χ4v) is 2.88. The van der Waals surface area contributed by atoms with Crippen LogP contribution in [-0.2, 0) is 9.59 Å². The number of carbonyl (C=O) groups is 2. The van der Waals surface area contributed by atoms with E-state index in [0.717, 1.165) is 0 Å². The molecule has 2 aromatic heterocycles. The third-order valence-corrected chi connectivity index (χ3v) is 3.80. The maximum atomic E-state index is 12.5. The summed E-state index contributed by atoms with van der Waals surface area (Å²) in [4.78, 5) is 34.9. The van der Waals surface area contributed by atoms with Crippen LogP contribution in [0, 0.1) is 0 Å². The summed E-state index contributed by atoms with van der Waals surface area (Å²) in [5.74, 6) is -0.511. The zero-order valence-corrected chi connectivity index (χ0v) is 13.8. The van der Waals surface area contributed by atoms with Crippen molar-refractivity contribution in [1.29, 1.82) is 0 Å². The molecule has 2 aromatic carbocycles. The first-order chi connectivity index (χ1) is 12.4. The van der Waals surface area contributed by atoms with Crippen LogP contribution < -0.4 is 15.1 Å². The topological polar surface area (TPSA) is 96.0 Å². The number of hydrogen-bond donors (Lipinski definition) is 0. The highest BCUT2D eigenvalue weighted by Gasteiger charge is 2.19. The molecule has 7 nitrogen and oxygen atoms in total. The van der Waals surface area contributed by atoms with Gasteiger partial charge in [0.2, 0.25) is 0 Å². The summed E-state index contributed by atoms with van der Waals surface area (Å²) < 4.78 is 21.4. The van der Waals surface area contributed by atoms with Gasteiger partial charge in [0.15, 0.2) is 16.9 Å². The predicted octanol–water partition coefficient (Wildman–Crippen LogP) is 3.54. The summed E-state index contributed by atoms with van der Waals surface area (Å²) in [6, 6.07) is 9.57. The Labute approximate surface area is 145 Å². The summed E-state index contributed by atoms with van der Waals surface area (Å²) in [5, 5.41) is 1.26. The fraction of sp³-hybridized carbons (Fsp3) is 0.105. The monoisotopic (exact) mass is 352 g/mol. The highest BCUT2D eigenvalue weighted by molar-refractivity contribution is 6.14. The number of esters is 2. The third-order valence-electron chi connectivity index (χ3n) is 3.80. The Morgan fingerprint density at radius 2 is 1.65 bits per heavy atom. The van der Waals surface area contributed by atoms with Crippen LogP contribution >= 0.6 is 0 Å². The van der Waals surface area contributed by atoms with Crippen LogP contribution in [0.5, 0.6) is 11.5 Å². The van der Waals surface area contributed by atoms with Crippen LogP contribution in [0.3, 0.4) is 0 Å². The molecule has 0 bridgehead atoms. The molecule has 0 aliphatic heterocycles. The molecule has 0 saturated carbocycles. The molecule has 2 heterocycles. The Hall–Kier alpha value is -3.61. The first kappa shape index (κ1) is 15.9. The predicted molar refractivity (Wildman–Crippen MR) is 92.4 cm³/mol. The second kappa shape index (κ2) is 5.73. The standard InChI is InChI=1S/C19H12O7/c1-9(20)23-11-6-7-12-15(8-11)25-19(22)16-13-4-3-5-14(24-10(2)21)17(13)26-18(12)16/h3-8H,1-2H3. The van der Waals surface area contributed by atoms with Crippen LogP contribution in [0.15, 0.2) is 50.0 Å². The minimum absolute atomic E-state index is 0.217. The molecule has 0 amide bonds. The molecule has 26 heavy (non-hydrogen) atoms. The Morgan fingerprint density at radius 1 is 0.885 bits per heavy atom. The van der Waals surface area contributed by atoms with Crippen molar-refractivity contribution in [1.82, 2.24) is 0 Å². The molecule has 0 aliphatic rings. The van der Waals surface area contributed by atoms with Crippen LogP contribution in [0.2, 0.25) is 0 Å². The van der Waals surface area contributed by atoms with E-state index in [0.29, 0.717) is 16.4 Å². The van der Waals surface area contributed by atoms with E-state index in [9.17, 15) is 14.4 Å². The number of rotatable bonds is 2. The number of fused-ring (bicyclic) bond motifs is 5.